The Kier molecular flexibility index (Phi) is 8.46. The van der Waals surface area contributed by atoms with Gasteiger partial charge in [-0.3, -0.25) is 19.4 Å². The molecule has 2 amide bonds. The first kappa shape index (κ1) is 28.4. The molecule has 216 valence electrons. The second-order valence-corrected chi connectivity index (χ2v) is 9.87. The van der Waals surface area contributed by atoms with Gasteiger partial charge in [0.15, 0.2) is 6.61 Å². The molecule has 2 aliphatic heterocycles. The van der Waals surface area contributed by atoms with Crippen molar-refractivity contribution in [2.75, 3.05) is 44.4 Å². The van der Waals surface area contributed by atoms with Crippen LogP contribution in [-0.2, 0) is 14.3 Å². The number of halogens is 3. The van der Waals surface area contributed by atoms with E-state index in [1.165, 1.54) is 13.0 Å². The number of hydrogen-bond donors (Lipinski definition) is 1. The number of benzene rings is 3. The molecule has 2 atom stereocenters. The van der Waals surface area contributed by atoms with Crippen LogP contribution >= 0.6 is 0 Å². The first-order valence-corrected chi connectivity index (χ1v) is 13.3. The van der Waals surface area contributed by atoms with Crippen molar-refractivity contribution in [2.24, 2.45) is 0 Å². The van der Waals surface area contributed by atoms with E-state index in [9.17, 15) is 22.8 Å². The van der Waals surface area contributed by atoms with E-state index >= 15 is 0 Å². The Morgan fingerprint density at radius 1 is 1.00 bits per heavy atom. The van der Waals surface area contributed by atoms with Crippen molar-refractivity contribution in [3.8, 4) is 22.6 Å². The van der Waals surface area contributed by atoms with E-state index in [-0.39, 0.29) is 18.0 Å². The molecule has 0 radical (unpaired) electrons. The number of carbonyl (C=O) groups excluding carboxylic acids is 2. The maximum absolute atomic E-state index is 13.6. The standard InChI is InChI=1S/C30H30F3N3O5/c1-20(36-26-17-24(41-30(31,32)33)11-12-27(26)40-19-28(36)37)29(38)34-25(18-35-13-15-39-16-14-35)23-9-7-22(8-10-23)21-5-3-2-4-6-21/h2-12,17,20,25H,13-16,18-19H2,1H3,(H,34,38). The van der Waals surface area contributed by atoms with Gasteiger partial charge in [-0.2, -0.15) is 0 Å². The Balaban J connectivity index is 1.38. The summed E-state index contributed by atoms with van der Waals surface area (Å²) in [5, 5.41) is 3.07. The molecule has 1 fully saturated rings. The summed E-state index contributed by atoms with van der Waals surface area (Å²) in [7, 11) is 0. The fraction of sp³-hybridized carbons (Fsp3) is 0.333. The van der Waals surface area contributed by atoms with Crippen LogP contribution < -0.4 is 19.7 Å². The Hall–Kier alpha value is -4.09. The number of alkyl halides is 3. The van der Waals surface area contributed by atoms with Crippen LogP contribution in [0.5, 0.6) is 11.5 Å². The molecule has 2 aliphatic rings. The molecule has 41 heavy (non-hydrogen) atoms. The summed E-state index contributed by atoms with van der Waals surface area (Å²) < 4.78 is 53.4. The topological polar surface area (TPSA) is 80.3 Å². The van der Waals surface area contributed by atoms with Crippen LogP contribution in [0.2, 0.25) is 0 Å². The first-order chi connectivity index (χ1) is 19.7. The number of ether oxygens (including phenoxy) is 3. The van der Waals surface area contributed by atoms with Crippen molar-refractivity contribution in [1.82, 2.24) is 10.2 Å². The normalized spacial score (nSPS) is 17.3. The lowest BCUT2D eigenvalue weighted by atomic mass is 10.00. The highest BCUT2D eigenvalue weighted by molar-refractivity contribution is 6.04. The zero-order valence-electron chi connectivity index (χ0n) is 22.4. The minimum absolute atomic E-state index is 0.0302. The van der Waals surface area contributed by atoms with Crippen molar-refractivity contribution in [3.63, 3.8) is 0 Å². The van der Waals surface area contributed by atoms with Crippen molar-refractivity contribution in [3.05, 3.63) is 78.4 Å². The SMILES string of the molecule is CC(C(=O)NC(CN1CCOCC1)c1ccc(-c2ccccc2)cc1)N1C(=O)COc2ccc(OC(F)(F)F)cc21. The molecular formula is C30H30F3N3O5. The van der Waals surface area contributed by atoms with E-state index < -0.39 is 36.0 Å². The maximum atomic E-state index is 13.6. The predicted molar refractivity (Wildman–Crippen MR) is 146 cm³/mol. The molecule has 8 nitrogen and oxygen atoms in total. The van der Waals surface area contributed by atoms with Gasteiger partial charge in [-0.25, -0.2) is 0 Å². The van der Waals surface area contributed by atoms with Crippen LogP contribution in [0, 0.1) is 0 Å². The van der Waals surface area contributed by atoms with E-state index in [1.807, 2.05) is 54.6 Å². The van der Waals surface area contributed by atoms with Crippen molar-refractivity contribution in [2.45, 2.75) is 25.4 Å². The molecule has 0 saturated carbocycles. The largest absolute Gasteiger partial charge is 0.573 e. The number of nitrogens with one attached hydrogen (secondary N) is 1. The Morgan fingerprint density at radius 2 is 1.68 bits per heavy atom. The van der Waals surface area contributed by atoms with Gasteiger partial charge in [0.2, 0.25) is 5.91 Å². The monoisotopic (exact) mass is 569 g/mol. The molecule has 5 rings (SSSR count). The third-order valence-corrected chi connectivity index (χ3v) is 7.09. The lowest BCUT2D eigenvalue weighted by Crippen LogP contribution is -2.53. The molecule has 0 aliphatic carbocycles. The van der Waals surface area contributed by atoms with Crippen LogP contribution in [0.1, 0.15) is 18.5 Å². The first-order valence-electron chi connectivity index (χ1n) is 13.3. The van der Waals surface area contributed by atoms with Crippen LogP contribution in [0.3, 0.4) is 0 Å². The highest BCUT2D eigenvalue weighted by Gasteiger charge is 2.36. The predicted octanol–water partition coefficient (Wildman–Crippen LogP) is 4.56. The Bertz CT molecular complexity index is 1360. The summed E-state index contributed by atoms with van der Waals surface area (Å²) >= 11 is 0. The number of nitrogens with zero attached hydrogens (tertiary/aromatic N) is 2. The highest BCUT2D eigenvalue weighted by atomic mass is 19.4. The number of carbonyl (C=O) groups is 2. The molecule has 3 aromatic rings. The highest BCUT2D eigenvalue weighted by Crippen LogP contribution is 2.38. The van der Waals surface area contributed by atoms with Crippen LogP contribution in [0.15, 0.2) is 72.8 Å². The average Bonchev–Trinajstić information content (AvgIpc) is 2.96. The zero-order valence-corrected chi connectivity index (χ0v) is 22.4. The molecular weight excluding hydrogens is 539 g/mol. The van der Waals surface area contributed by atoms with Crippen molar-refractivity contribution >= 4 is 17.5 Å². The van der Waals surface area contributed by atoms with Gasteiger partial charge in [-0.1, -0.05) is 54.6 Å². The number of hydrogen-bond acceptors (Lipinski definition) is 6. The van der Waals surface area contributed by atoms with Gasteiger partial charge in [-0.15, -0.1) is 13.2 Å². The van der Waals surface area contributed by atoms with Crippen molar-refractivity contribution in [1.29, 1.82) is 0 Å². The molecule has 2 unspecified atom stereocenters. The number of morpholine rings is 1. The molecule has 0 aromatic heterocycles. The molecule has 3 aromatic carbocycles. The summed E-state index contributed by atoms with van der Waals surface area (Å²) in [4.78, 5) is 29.9. The summed E-state index contributed by atoms with van der Waals surface area (Å²) in [5.41, 5.74) is 3.01. The lowest BCUT2D eigenvalue weighted by molar-refractivity contribution is -0.274. The summed E-state index contributed by atoms with van der Waals surface area (Å²) in [6.45, 7) is 4.30. The molecule has 2 heterocycles. The van der Waals surface area contributed by atoms with Crippen molar-refractivity contribution < 1.29 is 37.0 Å². The fourth-order valence-corrected chi connectivity index (χ4v) is 5.00. The third-order valence-electron chi connectivity index (χ3n) is 7.09. The molecule has 1 saturated heterocycles. The lowest BCUT2D eigenvalue weighted by Gasteiger charge is -2.35. The molecule has 11 heteroatoms. The molecule has 0 bridgehead atoms. The van der Waals surface area contributed by atoms with E-state index in [4.69, 9.17) is 9.47 Å². The summed E-state index contributed by atoms with van der Waals surface area (Å²) in [6, 6.07) is 19.8. The van der Waals surface area contributed by atoms with Crippen LogP contribution in [-0.4, -0.2) is 68.6 Å². The third kappa shape index (κ3) is 6.98. The van der Waals surface area contributed by atoms with E-state index in [2.05, 4.69) is 15.0 Å². The average molecular weight is 570 g/mol. The van der Waals surface area contributed by atoms with Gasteiger partial charge in [0, 0.05) is 25.7 Å². The van der Waals surface area contributed by atoms with Gasteiger partial charge in [0.1, 0.15) is 17.5 Å². The Labute approximate surface area is 235 Å². The smallest absolute Gasteiger partial charge is 0.482 e. The van der Waals surface area contributed by atoms with E-state index in [0.29, 0.717) is 32.8 Å². The maximum Gasteiger partial charge on any atom is 0.573 e. The van der Waals surface area contributed by atoms with Gasteiger partial charge in [0.05, 0.1) is 24.9 Å². The summed E-state index contributed by atoms with van der Waals surface area (Å²) in [6.07, 6.45) is -4.91. The second kappa shape index (κ2) is 12.2. The number of amides is 2. The van der Waals surface area contributed by atoms with Gasteiger partial charge >= 0.3 is 6.36 Å². The number of rotatable bonds is 8. The van der Waals surface area contributed by atoms with Crippen LogP contribution in [0.25, 0.3) is 11.1 Å². The number of anilines is 1. The fourth-order valence-electron chi connectivity index (χ4n) is 5.00. The minimum Gasteiger partial charge on any atom is -0.482 e. The molecule has 0 spiro atoms. The zero-order chi connectivity index (χ0) is 29.0. The summed E-state index contributed by atoms with van der Waals surface area (Å²) in [5.74, 6) is -1.35. The van der Waals surface area contributed by atoms with Gasteiger partial charge < -0.3 is 19.5 Å². The van der Waals surface area contributed by atoms with Gasteiger partial charge in [0.25, 0.3) is 5.91 Å². The van der Waals surface area contributed by atoms with Gasteiger partial charge in [-0.05, 0) is 35.7 Å². The number of fused-ring (bicyclic) bond motifs is 1. The van der Waals surface area contributed by atoms with E-state index in [1.54, 1.807) is 0 Å². The van der Waals surface area contributed by atoms with Crippen LogP contribution in [0.4, 0.5) is 18.9 Å². The quantitative estimate of drug-likeness (QED) is 0.429. The Morgan fingerprint density at radius 3 is 2.37 bits per heavy atom. The second-order valence-electron chi connectivity index (χ2n) is 9.87. The van der Waals surface area contributed by atoms with E-state index in [0.717, 1.165) is 33.7 Å². The minimum atomic E-state index is -4.91. The molecule has 1 N–H and O–H groups in total.